The standard InChI is InChI=1S/C16H20N8O/c1-10-17-16(25-21-10)9-22-5-12-7-23(8-13(12)6-22)15-4-3-14-19-18-11(2)24(14)20-15/h3-4,12-13H,5-9H2,1-2H3. The fourth-order valence-corrected chi connectivity index (χ4v) is 4.06. The Balaban J connectivity index is 1.27. The minimum atomic E-state index is 0.656. The molecule has 0 bridgehead atoms. The molecule has 2 aliphatic heterocycles. The van der Waals surface area contributed by atoms with E-state index in [9.17, 15) is 0 Å². The summed E-state index contributed by atoms with van der Waals surface area (Å²) in [5.74, 6) is 4.55. The lowest BCUT2D eigenvalue weighted by atomic mass is 10.0. The summed E-state index contributed by atoms with van der Waals surface area (Å²) in [7, 11) is 0. The molecule has 0 radical (unpaired) electrons. The number of aryl methyl sites for hydroxylation is 2. The molecular weight excluding hydrogens is 320 g/mol. The van der Waals surface area contributed by atoms with E-state index < -0.39 is 0 Å². The topological polar surface area (TPSA) is 88.5 Å². The molecule has 0 saturated carbocycles. The fourth-order valence-electron chi connectivity index (χ4n) is 4.06. The Morgan fingerprint density at radius 1 is 1.08 bits per heavy atom. The molecule has 5 heterocycles. The van der Waals surface area contributed by atoms with E-state index in [4.69, 9.17) is 9.62 Å². The zero-order valence-electron chi connectivity index (χ0n) is 14.3. The van der Waals surface area contributed by atoms with Crippen molar-refractivity contribution in [3.8, 4) is 0 Å². The molecule has 2 saturated heterocycles. The summed E-state index contributed by atoms with van der Waals surface area (Å²) in [6.07, 6.45) is 0. The maximum Gasteiger partial charge on any atom is 0.240 e. The second kappa shape index (κ2) is 5.48. The minimum Gasteiger partial charge on any atom is -0.355 e. The zero-order valence-corrected chi connectivity index (χ0v) is 14.3. The molecule has 2 fully saturated rings. The Morgan fingerprint density at radius 2 is 1.88 bits per heavy atom. The van der Waals surface area contributed by atoms with Gasteiger partial charge in [0.1, 0.15) is 5.82 Å². The first-order chi connectivity index (χ1) is 12.2. The van der Waals surface area contributed by atoms with Crippen molar-refractivity contribution >= 4 is 11.5 Å². The quantitative estimate of drug-likeness (QED) is 0.688. The average Bonchev–Trinajstić information content (AvgIpc) is 3.33. The van der Waals surface area contributed by atoms with Crippen LogP contribution in [0.3, 0.4) is 0 Å². The third kappa shape index (κ3) is 2.55. The summed E-state index contributed by atoms with van der Waals surface area (Å²) in [6, 6.07) is 4.03. The van der Waals surface area contributed by atoms with Gasteiger partial charge in [-0.1, -0.05) is 5.16 Å². The van der Waals surface area contributed by atoms with Crippen LogP contribution in [0.4, 0.5) is 5.82 Å². The van der Waals surface area contributed by atoms with Crippen molar-refractivity contribution in [1.29, 1.82) is 0 Å². The summed E-state index contributed by atoms with van der Waals surface area (Å²) in [5, 5.41) is 16.8. The molecule has 0 amide bonds. The average molecular weight is 340 g/mol. The van der Waals surface area contributed by atoms with Crippen molar-refractivity contribution in [2.24, 2.45) is 11.8 Å². The fraction of sp³-hybridized carbons (Fsp3) is 0.562. The molecule has 3 aromatic rings. The SMILES string of the molecule is Cc1noc(CN2CC3CN(c4ccc5nnc(C)n5n4)CC3C2)n1. The van der Waals surface area contributed by atoms with Crippen molar-refractivity contribution in [3.63, 3.8) is 0 Å². The molecular formula is C16H20N8O. The lowest BCUT2D eigenvalue weighted by molar-refractivity contribution is 0.255. The van der Waals surface area contributed by atoms with Gasteiger partial charge >= 0.3 is 0 Å². The van der Waals surface area contributed by atoms with Crippen molar-refractivity contribution in [1.82, 2.24) is 34.9 Å². The van der Waals surface area contributed by atoms with Gasteiger partial charge in [0.2, 0.25) is 5.89 Å². The summed E-state index contributed by atoms with van der Waals surface area (Å²) >= 11 is 0. The molecule has 9 heteroatoms. The highest BCUT2D eigenvalue weighted by atomic mass is 16.5. The van der Waals surface area contributed by atoms with Crippen LogP contribution in [0.5, 0.6) is 0 Å². The van der Waals surface area contributed by atoms with E-state index >= 15 is 0 Å². The highest BCUT2D eigenvalue weighted by molar-refractivity contribution is 5.46. The second-order valence-electron chi connectivity index (χ2n) is 7.06. The number of nitrogens with zero attached hydrogens (tertiary/aromatic N) is 8. The van der Waals surface area contributed by atoms with E-state index in [0.717, 1.165) is 50.0 Å². The maximum atomic E-state index is 5.25. The molecule has 3 aromatic heterocycles. The number of aromatic nitrogens is 6. The molecule has 130 valence electrons. The molecule has 0 aromatic carbocycles. The molecule has 2 aliphatic rings. The van der Waals surface area contributed by atoms with E-state index in [1.54, 1.807) is 0 Å². The van der Waals surface area contributed by atoms with Gasteiger partial charge in [-0.15, -0.1) is 15.3 Å². The normalized spacial score (nSPS) is 23.7. The molecule has 0 spiro atoms. The molecule has 0 N–H and O–H groups in total. The smallest absolute Gasteiger partial charge is 0.240 e. The van der Waals surface area contributed by atoms with Crippen molar-refractivity contribution in [2.45, 2.75) is 20.4 Å². The monoisotopic (exact) mass is 340 g/mol. The molecule has 2 atom stereocenters. The number of fused-ring (bicyclic) bond motifs is 2. The van der Waals surface area contributed by atoms with Gasteiger partial charge in [-0.3, -0.25) is 4.90 Å². The Kier molecular flexibility index (Phi) is 3.24. The number of anilines is 1. The van der Waals surface area contributed by atoms with Crippen LogP contribution in [0.2, 0.25) is 0 Å². The predicted molar refractivity (Wildman–Crippen MR) is 89.0 cm³/mol. The zero-order chi connectivity index (χ0) is 17.0. The third-order valence-corrected chi connectivity index (χ3v) is 5.22. The third-order valence-electron chi connectivity index (χ3n) is 5.22. The van der Waals surface area contributed by atoms with Crippen molar-refractivity contribution in [3.05, 3.63) is 29.7 Å². The molecule has 5 rings (SSSR count). The number of rotatable bonds is 3. The predicted octanol–water partition coefficient (Wildman–Crippen LogP) is 0.692. The Labute approximate surface area is 144 Å². The molecule has 25 heavy (non-hydrogen) atoms. The minimum absolute atomic E-state index is 0.656. The first kappa shape index (κ1) is 14.8. The van der Waals surface area contributed by atoms with E-state index in [0.29, 0.717) is 23.6 Å². The van der Waals surface area contributed by atoms with Gasteiger partial charge in [0.05, 0.1) is 6.54 Å². The second-order valence-corrected chi connectivity index (χ2v) is 7.06. The van der Waals surface area contributed by atoms with Crippen LogP contribution in [0, 0.1) is 25.7 Å². The van der Waals surface area contributed by atoms with Gasteiger partial charge in [-0.25, -0.2) is 0 Å². The van der Waals surface area contributed by atoms with Crippen LogP contribution < -0.4 is 4.90 Å². The lowest BCUT2D eigenvalue weighted by Gasteiger charge is -2.21. The van der Waals surface area contributed by atoms with E-state index in [-0.39, 0.29) is 0 Å². The van der Waals surface area contributed by atoms with E-state index in [1.807, 2.05) is 30.5 Å². The Hall–Kier alpha value is -2.55. The van der Waals surface area contributed by atoms with Gasteiger partial charge in [0, 0.05) is 26.2 Å². The van der Waals surface area contributed by atoms with Crippen LogP contribution in [0.15, 0.2) is 16.7 Å². The highest BCUT2D eigenvalue weighted by Gasteiger charge is 2.40. The lowest BCUT2D eigenvalue weighted by Crippen LogP contribution is -2.29. The van der Waals surface area contributed by atoms with Gasteiger partial charge < -0.3 is 9.42 Å². The summed E-state index contributed by atoms with van der Waals surface area (Å²) in [4.78, 5) is 9.10. The van der Waals surface area contributed by atoms with Gasteiger partial charge in [-0.05, 0) is 37.8 Å². The van der Waals surface area contributed by atoms with Crippen LogP contribution >= 0.6 is 0 Å². The van der Waals surface area contributed by atoms with Crippen LogP contribution in [-0.2, 0) is 6.54 Å². The summed E-state index contributed by atoms with van der Waals surface area (Å²) in [5.41, 5.74) is 0.793. The molecule has 2 unspecified atom stereocenters. The van der Waals surface area contributed by atoms with E-state index in [2.05, 4.69) is 30.1 Å². The van der Waals surface area contributed by atoms with E-state index in [1.165, 1.54) is 0 Å². The molecule has 9 nitrogen and oxygen atoms in total. The summed E-state index contributed by atoms with van der Waals surface area (Å²) in [6.45, 7) is 8.72. The van der Waals surface area contributed by atoms with Crippen LogP contribution in [0.1, 0.15) is 17.5 Å². The van der Waals surface area contributed by atoms with Crippen LogP contribution in [-0.4, -0.2) is 61.0 Å². The Morgan fingerprint density at radius 3 is 2.60 bits per heavy atom. The first-order valence-electron chi connectivity index (χ1n) is 8.61. The highest BCUT2D eigenvalue weighted by Crippen LogP contribution is 2.33. The largest absolute Gasteiger partial charge is 0.355 e. The van der Waals surface area contributed by atoms with Gasteiger partial charge in [0.15, 0.2) is 17.3 Å². The number of hydrogen-bond acceptors (Lipinski definition) is 8. The number of likely N-dealkylation sites (tertiary alicyclic amines) is 1. The first-order valence-corrected chi connectivity index (χ1v) is 8.61. The number of hydrogen-bond donors (Lipinski definition) is 0. The maximum absolute atomic E-state index is 5.25. The van der Waals surface area contributed by atoms with Crippen molar-refractivity contribution in [2.75, 3.05) is 31.1 Å². The van der Waals surface area contributed by atoms with Crippen molar-refractivity contribution < 1.29 is 4.52 Å². The van der Waals surface area contributed by atoms with Crippen LogP contribution in [0.25, 0.3) is 5.65 Å². The molecule has 0 aliphatic carbocycles. The Bertz CT molecular complexity index is 904. The van der Waals surface area contributed by atoms with Gasteiger partial charge in [0.25, 0.3) is 0 Å². The summed E-state index contributed by atoms with van der Waals surface area (Å²) < 4.78 is 7.06. The van der Waals surface area contributed by atoms with Gasteiger partial charge in [-0.2, -0.15) is 9.50 Å².